The van der Waals surface area contributed by atoms with Crippen LogP contribution < -0.4 is 10.6 Å². The van der Waals surface area contributed by atoms with E-state index >= 15 is 0 Å². The third-order valence-corrected chi connectivity index (χ3v) is 2.85. The molecule has 0 unspecified atom stereocenters. The molecule has 0 heterocycles. The normalized spacial score (nSPS) is 9.62. The summed E-state index contributed by atoms with van der Waals surface area (Å²) in [6, 6.07) is 8.14. The molecule has 0 fully saturated rings. The van der Waals surface area contributed by atoms with E-state index in [2.05, 4.69) is 35.6 Å². The molecule has 2 N–H and O–H groups in total. The summed E-state index contributed by atoms with van der Waals surface area (Å²) in [6.45, 7) is 6.47. The first kappa shape index (κ1) is 13.1. The molecule has 1 aromatic carbocycles. The highest BCUT2D eigenvalue weighted by atomic mass is 32.2. The van der Waals surface area contributed by atoms with Gasteiger partial charge in [0.2, 0.25) is 0 Å². The zero-order valence-electron chi connectivity index (χ0n) is 9.54. The van der Waals surface area contributed by atoms with Crippen molar-refractivity contribution in [2.45, 2.75) is 11.8 Å². The SMILES string of the molecule is C=C(C)CNC(=S)Nc1cccc(SC)c1. The molecule has 0 spiro atoms. The van der Waals surface area contributed by atoms with E-state index in [-0.39, 0.29) is 0 Å². The van der Waals surface area contributed by atoms with E-state index in [1.54, 1.807) is 11.8 Å². The Morgan fingerprint density at radius 1 is 1.50 bits per heavy atom. The summed E-state index contributed by atoms with van der Waals surface area (Å²) in [4.78, 5) is 1.22. The van der Waals surface area contributed by atoms with Gasteiger partial charge in [0.05, 0.1) is 0 Å². The quantitative estimate of drug-likeness (QED) is 0.488. The van der Waals surface area contributed by atoms with Crippen molar-refractivity contribution in [3.63, 3.8) is 0 Å². The molecule has 4 heteroatoms. The Hall–Kier alpha value is -1.00. The zero-order chi connectivity index (χ0) is 12.0. The average molecular weight is 252 g/mol. The lowest BCUT2D eigenvalue weighted by Gasteiger charge is -2.10. The van der Waals surface area contributed by atoms with E-state index in [4.69, 9.17) is 12.2 Å². The third-order valence-electron chi connectivity index (χ3n) is 1.88. The largest absolute Gasteiger partial charge is 0.359 e. The minimum atomic E-state index is 0.626. The molecule has 16 heavy (non-hydrogen) atoms. The van der Waals surface area contributed by atoms with E-state index in [1.807, 2.05) is 19.1 Å². The number of hydrogen-bond donors (Lipinski definition) is 2. The predicted molar refractivity (Wildman–Crippen MR) is 77.3 cm³/mol. The molecule has 0 bridgehead atoms. The fraction of sp³-hybridized carbons (Fsp3) is 0.250. The Kier molecular flexibility index (Phi) is 5.35. The van der Waals surface area contributed by atoms with Crippen LogP contribution in [0.15, 0.2) is 41.3 Å². The fourth-order valence-electron chi connectivity index (χ4n) is 1.11. The van der Waals surface area contributed by atoms with Crippen LogP contribution in [-0.4, -0.2) is 17.9 Å². The molecule has 86 valence electrons. The molecule has 0 saturated heterocycles. The second-order valence-corrected chi connectivity index (χ2v) is 4.78. The van der Waals surface area contributed by atoms with Crippen LogP contribution >= 0.6 is 24.0 Å². The van der Waals surface area contributed by atoms with E-state index in [0.717, 1.165) is 11.3 Å². The first-order valence-electron chi connectivity index (χ1n) is 4.95. The van der Waals surface area contributed by atoms with Crippen molar-refractivity contribution in [2.75, 3.05) is 18.1 Å². The Morgan fingerprint density at radius 2 is 2.25 bits per heavy atom. The highest BCUT2D eigenvalue weighted by Gasteiger charge is 1.98. The summed E-state index contributed by atoms with van der Waals surface area (Å²) < 4.78 is 0. The second kappa shape index (κ2) is 6.55. The number of benzene rings is 1. The Labute approximate surface area is 107 Å². The topological polar surface area (TPSA) is 24.1 Å². The number of rotatable bonds is 4. The van der Waals surface area contributed by atoms with Crippen LogP contribution in [0.2, 0.25) is 0 Å². The lowest BCUT2D eigenvalue weighted by molar-refractivity contribution is 1.000. The van der Waals surface area contributed by atoms with E-state index in [1.165, 1.54) is 4.90 Å². The monoisotopic (exact) mass is 252 g/mol. The molecule has 2 nitrogen and oxygen atoms in total. The third kappa shape index (κ3) is 4.68. The number of thiocarbonyl (C=S) groups is 1. The van der Waals surface area contributed by atoms with Crippen molar-refractivity contribution in [2.24, 2.45) is 0 Å². The summed E-state index contributed by atoms with van der Waals surface area (Å²) in [7, 11) is 0. The second-order valence-electron chi connectivity index (χ2n) is 3.50. The summed E-state index contributed by atoms with van der Waals surface area (Å²) in [5.74, 6) is 0. The minimum absolute atomic E-state index is 0.626. The van der Waals surface area contributed by atoms with Crippen LogP contribution in [0.1, 0.15) is 6.92 Å². The van der Waals surface area contributed by atoms with Gasteiger partial charge >= 0.3 is 0 Å². The zero-order valence-corrected chi connectivity index (χ0v) is 11.2. The van der Waals surface area contributed by atoms with Crippen molar-refractivity contribution in [3.8, 4) is 0 Å². The van der Waals surface area contributed by atoms with Crippen LogP contribution in [-0.2, 0) is 0 Å². The lowest BCUT2D eigenvalue weighted by Crippen LogP contribution is -2.29. The van der Waals surface area contributed by atoms with Crippen LogP contribution in [0.3, 0.4) is 0 Å². The number of nitrogens with one attached hydrogen (secondary N) is 2. The van der Waals surface area contributed by atoms with Crippen LogP contribution in [0.25, 0.3) is 0 Å². The van der Waals surface area contributed by atoms with Crippen LogP contribution in [0, 0.1) is 0 Å². The van der Waals surface area contributed by atoms with Crippen molar-refractivity contribution in [3.05, 3.63) is 36.4 Å². The molecular weight excluding hydrogens is 236 g/mol. The molecule has 0 aliphatic carbocycles. The lowest BCUT2D eigenvalue weighted by atomic mass is 10.3. The van der Waals surface area contributed by atoms with Gasteiger partial charge in [-0.05, 0) is 43.6 Å². The van der Waals surface area contributed by atoms with Gasteiger partial charge in [-0.25, -0.2) is 0 Å². The van der Waals surface area contributed by atoms with Gasteiger partial charge in [0.25, 0.3) is 0 Å². The number of hydrogen-bond acceptors (Lipinski definition) is 2. The maximum absolute atomic E-state index is 5.16. The maximum Gasteiger partial charge on any atom is 0.171 e. The molecule has 1 aromatic rings. The van der Waals surface area contributed by atoms with Crippen LogP contribution in [0.5, 0.6) is 0 Å². The Balaban J connectivity index is 2.52. The van der Waals surface area contributed by atoms with Gasteiger partial charge in [0.1, 0.15) is 0 Å². The molecular formula is C12H16N2S2. The van der Waals surface area contributed by atoms with Gasteiger partial charge in [0, 0.05) is 17.1 Å². The van der Waals surface area contributed by atoms with Gasteiger partial charge in [-0.15, -0.1) is 11.8 Å². The first-order valence-corrected chi connectivity index (χ1v) is 6.58. The average Bonchev–Trinajstić information content (AvgIpc) is 2.26. The fourth-order valence-corrected chi connectivity index (χ4v) is 1.76. The standard InChI is InChI=1S/C12H16N2S2/c1-9(2)8-13-12(15)14-10-5-4-6-11(7-10)16-3/h4-7H,1,8H2,2-3H3,(H2,13,14,15). The van der Waals surface area contributed by atoms with Gasteiger partial charge in [0.15, 0.2) is 5.11 Å². The molecule has 0 aromatic heterocycles. The van der Waals surface area contributed by atoms with Crippen molar-refractivity contribution in [1.29, 1.82) is 0 Å². The van der Waals surface area contributed by atoms with E-state index < -0.39 is 0 Å². The highest BCUT2D eigenvalue weighted by Crippen LogP contribution is 2.18. The minimum Gasteiger partial charge on any atom is -0.359 e. The maximum atomic E-state index is 5.16. The Bertz CT molecular complexity index is 388. The van der Waals surface area contributed by atoms with Crippen molar-refractivity contribution >= 4 is 34.8 Å². The summed E-state index contributed by atoms with van der Waals surface area (Å²) in [5, 5.41) is 6.85. The van der Waals surface area contributed by atoms with Crippen molar-refractivity contribution in [1.82, 2.24) is 5.32 Å². The van der Waals surface area contributed by atoms with E-state index in [0.29, 0.717) is 11.7 Å². The van der Waals surface area contributed by atoms with Crippen molar-refractivity contribution < 1.29 is 0 Å². The summed E-state index contributed by atoms with van der Waals surface area (Å²) in [6.07, 6.45) is 2.05. The summed E-state index contributed by atoms with van der Waals surface area (Å²) in [5.41, 5.74) is 2.06. The number of thioether (sulfide) groups is 1. The molecule has 0 aliphatic rings. The smallest absolute Gasteiger partial charge is 0.171 e. The molecule has 0 aliphatic heterocycles. The van der Waals surface area contributed by atoms with Gasteiger partial charge in [-0.3, -0.25) is 0 Å². The number of anilines is 1. The molecule has 0 amide bonds. The highest BCUT2D eigenvalue weighted by molar-refractivity contribution is 7.98. The van der Waals surface area contributed by atoms with Gasteiger partial charge in [-0.2, -0.15) is 0 Å². The van der Waals surface area contributed by atoms with Gasteiger partial charge in [-0.1, -0.05) is 18.2 Å². The molecule has 0 saturated carbocycles. The van der Waals surface area contributed by atoms with Gasteiger partial charge < -0.3 is 10.6 Å². The van der Waals surface area contributed by atoms with Crippen LogP contribution in [0.4, 0.5) is 5.69 Å². The first-order chi connectivity index (χ1) is 7.61. The van der Waals surface area contributed by atoms with E-state index in [9.17, 15) is 0 Å². The molecule has 0 atom stereocenters. The Morgan fingerprint density at radius 3 is 2.88 bits per heavy atom. The predicted octanol–water partition coefficient (Wildman–Crippen LogP) is 3.27. The molecule has 0 radical (unpaired) electrons. The molecule has 1 rings (SSSR count). The summed E-state index contributed by atoms with van der Waals surface area (Å²) >= 11 is 6.87.